The number of hydrogen-bond donors (Lipinski definition) is 1. The molecular weight excluding hydrogens is 323 g/mol. The molecule has 0 aromatic heterocycles. The first-order valence-electron chi connectivity index (χ1n) is 5.34. The average Bonchev–Trinajstić information content (AvgIpc) is 2.36. The average molecular weight is 332 g/mol. The van der Waals surface area contributed by atoms with Crippen molar-refractivity contribution in [3.8, 4) is 17.9 Å². The van der Waals surface area contributed by atoms with Gasteiger partial charge in [-0.15, -0.1) is 5.92 Å². The van der Waals surface area contributed by atoms with Gasteiger partial charge < -0.3 is 10.1 Å². The van der Waals surface area contributed by atoms with Gasteiger partial charge in [0.25, 0.3) is 5.91 Å². The van der Waals surface area contributed by atoms with Crippen LogP contribution in [-0.4, -0.2) is 17.7 Å². The molecule has 1 aromatic carbocycles. The van der Waals surface area contributed by atoms with Gasteiger partial charge in [-0.2, -0.15) is 5.26 Å². The maximum Gasteiger partial charge on any atom is 0.254 e. The molecule has 0 heterocycles. The molecule has 4 nitrogen and oxygen atoms in total. The zero-order chi connectivity index (χ0) is 15.1. The molecule has 0 saturated carbocycles. The summed E-state index contributed by atoms with van der Waals surface area (Å²) in [7, 11) is 0. The standard InChI is InChI=1S/C13H9Cl3N2O2/c1-2-3-11(16)20-12(7-17)18-13(19)8-4-9(14)6-10(15)5-8/h4-6,11-12H,1H3,(H,18,19). The third-order valence-electron chi connectivity index (χ3n) is 2.02. The van der Waals surface area contributed by atoms with Crippen LogP contribution in [0.25, 0.3) is 0 Å². The van der Waals surface area contributed by atoms with Gasteiger partial charge in [0.05, 0.1) is 0 Å². The zero-order valence-corrected chi connectivity index (χ0v) is 12.6. The Morgan fingerprint density at radius 2 is 1.95 bits per heavy atom. The number of nitriles is 1. The van der Waals surface area contributed by atoms with Crippen molar-refractivity contribution < 1.29 is 9.53 Å². The number of alkyl halides is 1. The third kappa shape index (κ3) is 5.28. The van der Waals surface area contributed by atoms with Gasteiger partial charge in [0.1, 0.15) is 6.07 Å². The van der Waals surface area contributed by atoms with Gasteiger partial charge in [0.2, 0.25) is 6.23 Å². The molecule has 0 bridgehead atoms. The monoisotopic (exact) mass is 330 g/mol. The maximum absolute atomic E-state index is 11.9. The van der Waals surface area contributed by atoms with Crippen molar-refractivity contribution >= 4 is 40.7 Å². The molecule has 0 radical (unpaired) electrons. The van der Waals surface area contributed by atoms with E-state index in [0.717, 1.165) is 0 Å². The first-order valence-corrected chi connectivity index (χ1v) is 6.54. The van der Waals surface area contributed by atoms with Crippen LogP contribution < -0.4 is 5.32 Å². The molecule has 104 valence electrons. The lowest BCUT2D eigenvalue weighted by atomic mass is 10.2. The molecule has 0 aliphatic rings. The van der Waals surface area contributed by atoms with E-state index in [4.69, 9.17) is 44.8 Å². The van der Waals surface area contributed by atoms with E-state index in [0.29, 0.717) is 10.0 Å². The molecular formula is C13H9Cl3N2O2. The minimum Gasteiger partial charge on any atom is -0.314 e. The normalized spacial score (nSPS) is 12.6. The Hall–Kier alpha value is -1.43. The Morgan fingerprint density at radius 3 is 2.45 bits per heavy atom. The van der Waals surface area contributed by atoms with Gasteiger partial charge in [-0.05, 0) is 25.1 Å². The van der Waals surface area contributed by atoms with Crippen molar-refractivity contribution in [1.29, 1.82) is 5.26 Å². The van der Waals surface area contributed by atoms with E-state index in [-0.39, 0.29) is 5.56 Å². The molecule has 1 aromatic rings. The number of hydrogen-bond acceptors (Lipinski definition) is 3. The zero-order valence-electron chi connectivity index (χ0n) is 10.3. The van der Waals surface area contributed by atoms with Gasteiger partial charge in [-0.1, -0.05) is 40.7 Å². The van der Waals surface area contributed by atoms with E-state index >= 15 is 0 Å². The molecule has 20 heavy (non-hydrogen) atoms. The molecule has 1 N–H and O–H groups in total. The number of rotatable bonds is 4. The molecule has 0 aliphatic heterocycles. The molecule has 1 rings (SSSR count). The van der Waals surface area contributed by atoms with Gasteiger partial charge in [-0.25, -0.2) is 0 Å². The lowest BCUT2D eigenvalue weighted by Crippen LogP contribution is -2.37. The lowest BCUT2D eigenvalue weighted by Gasteiger charge is -2.13. The number of halogens is 3. The summed E-state index contributed by atoms with van der Waals surface area (Å²) < 4.78 is 5.03. The van der Waals surface area contributed by atoms with E-state index in [9.17, 15) is 4.79 Å². The Bertz CT molecular complexity index is 582. The third-order valence-corrected chi connectivity index (χ3v) is 2.67. The molecule has 0 spiro atoms. The SMILES string of the molecule is CC#CC(Cl)OC(C#N)NC(=O)c1cc(Cl)cc(Cl)c1. The first kappa shape index (κ1) is 16.6. The topological polar surface area (TPSA) is 62.1 Å². The van der Waals surface area contributed by atoms with Crippen molar-refractivity contribution in [2.75, 3.05) is 0 Å². The fourth-order valence-electron chi connectivity index (χ4n) is 1.25. The van der Waals surface area contributed by atoms with E-state index in [1.54, 1.807) is 13.0 Å². The second-order valence-corrected chi connectivity index (χ2v) is 4.76. The number of benzene rings is 1. The highest BCUT2D eigenvalue weighted by Crippen LogP contribution is 2.19. The van der Waals surface area contributed by atoms with Crippen LogP contribution in [0.1, 0.15) is 17.3 Å². The predicted molar refractivity (Wildman–Crippen MR) is 77.5 cm³/mol. The Kier molecular flexibility index (Phi) is 6.64. The van der Waals surface area contributed by atoms with E-state index < -0.39 is 17.7 Å². The van der Waals surface area contributed by atoms with Crippen LogP contribution in [0.5, 0.6) is 0 Å². The lowest BCUT2D eigenvalue weighted by molar-refractivity contribution is 0.0581. The minimum atomic E-state index is -1.23. The van der Waals surface area contributed by atoms with Gasteiger partial charge >= 0.3 is 0 Å². The number of ether oxygens (including phenoxy) is 1. The molecule has 7 heteroatoms. The van der Waals surface area contributed by atoms with E-state index in [1.165, 1.54) is 18.2 Å². The second-order valence-electron chi connectivity index (χ2n) is 3.49. The Morgan fingerprint density at radius 1 is 1.35 bits per heavy atom. The van der Waals surface area contributed by atoms with Crippen LogP contribution in [0.3, 0.4) is 0 Å². The van der Waals surface area contributed by atoms with E-state index in [2.05, 4.69) is 17.2 Å². The van der Waals surface area contributed by atoms with Crippen molar-refractivity contribution in [2.24, 2.45) is 0 Å². The van der Waals surface area contributed by atoms with Gasteiger partial charge in [-0.3, -0.25) is 4.79 Å². The fourth-order valence-corrected chi connectivity index (χ4v) is 1.99. The van der Waals surface area contributed by atoms with Crippen LogP contribution in [-0.2, 0) is 4.74 Å². The molecule has 0 saturated heterocycles. The minimum absolute atomic E-state index is 0.207. The molecule has 1 amide bonds. The summed E-state index contributed by atoms with van der Waals surface area (Å²) in [5.74, 6) is 4.46. The number of carbonyl (C=O) groups excluding carboxylic acids is 1. The summed E-state index contributed by atoms with van der Waals surface area (Å²) in [6.07, 6.45) is -1.23. The first-order chi connectivity index (χ1) is 9.46. The van der Waals surface area contributed by atoms with Gasteiger partial charge in [0.15, 0.2) is 5.56 Å². The summed E-state index contributed by atoms with van der Waals surface area (Å²) in [6.45, 7) is 1.58. The Balaban J connectivity index is 2.76. The number of nitrogens with zero attached hydrogens (tertiary/aromatic N) is 1. The van der Waals surface area contributed by atoms with E-state index in [1.807, 2.05) is 0 Å². The number of carbonyl (C=O) groups is 1. The summed E-state index contributed by atoms with van der Waals surface area (Å²) in [4.78, 5) is 11.9. The van der Waals surface area contributed by atoms with Crippen molar-refractivity contribution in [3.05, 3.63) is 33.8 Å². The van der Waals surface area contributed by atoms with Crippen LogP contribution in [0.15, 0.2) is 18.2 Å². The smallest absolute Gasteiger partial charge is 0.254 e. The Labute approximate surface area is 131 Å². The summed E-state index contributed by atoms with van der Waals surface area (Å²) in [6, 6.07) is 6.07. The number of nitrogens with one attached hydrogen (secondary N) is 1. The highest BCUT2D eigenvalue weighted by atomic mass is 35.5. The highest BCUT2D eigenvalue weighted by molar-refractivity contribution is 6.35. The van der Waals surface area contributed by atoms with Crippen molar-refractivity contribution in [2.45, 2.75) is 18.7 Å². The largest absolute Gasteiger partial charge is 0.314 e. The summed E-state index contributed by atoms with van der Waals surface area (Å²) in [5.41, 5.74) is -0.785. The molecule has 2 unspecified atom stereocenters. The quantitative estimate of drug-likeness (QED) is 0.523. The number of amides is 1. The predicted octanol–water partition coefficient (Wildman–Crippen LogP) is 3.18. The van der Waals surface area contributed by atoms with Gasteiger partial charge in [0, 0.05) is 15.6 Å². The second kappa shape index (κ2) is 7.99. The van der Waals surface area contributed by atoms with Crippen LogP contribution in [0.2, 0.25) is 10.0 Å². The van der Waals surface area contributed by atoms with Crippen LogP contribution >= 0.6 is 34.8 Å². The summed E-state index contributed by atoms with van der Waals surface area (Å²) in [5, 5.41) is 11.9. The van der Waals surface area contributed by atoms with Crippen LogP contribution in [0.4, 0.5) is 0 Å². The molecule has 0 fully saturated rings. The summed E-state index contributed by atoms with van der Waals surface area (Å²) >= 11 is 17.3. The van der Waals surface area contributed by atoms with Crippen molar-refractivity contribution in [1.82, 2.24) is 5.32 Å². The fraction of sp³-hybridized carbons (Fsp3) is 0.231. The molecule has 0 aliphatic carbocycles. The van der Waals surface area contributed by atoms with Crippen molar-refractivity contribution in [3.63, 3.8) is 0 Å². The highest BCUT2D eigenvalue weighted by Gasteiger charge is 2.17. The maximum atomic E-state index is 11.9. The molecule has 2 atom stereocenters. The van der Waals surface area contributed by atoms with Crippen LogP contribution in [0, 0.1) is 23.2 Å².